The molecule has 0 aliphatic carbocycles. The Labute approximate surface area is 103 Å². The van der Waals surface area contributed by atoms with Crippen LogP contribution < -0.4 is 10.5 Å². The van der Waals surface area contributed by atoms with E-state index in [9.17, 15) is 4.39 Å². The van der Waals surface area contributed by atoms with Crippen LogP contribution in [0.2, 0.25) is 5.02 Å². The normalized spacial score (nSPS) is 10.3. The van der Waals surface area contributed by atoms with Crippen molar-refractivity contribution in [2.45, 2.75) is 6.92 Å². The number of hydrogen-bond donors (Lipinski definition) is 1. The van der Waals surface area contributed by atoms with Gasteiger partial charge in [0, 0.05) is 6.07 Å². The molecule has 0 amide bonds. The quantitative estimate of drug-likeness (QED) is 0.889. The third kappa shape index (κ3) is 2.65. The highest BCUT2D eigenvalue weighted by atomic mass is 35.5. The lowest BCUT2D eigenvalue weighted by Gasteiger charge is -2.07. The Balaban J connectivity index is 2.28. The summed E-state index contributed by atoms with van der Waals surface area (Å²) < 4.78 is 18.7. The highest BCUT2D eigenvalue weighted by molar-refractivity contribution is 6.32. The zero-order valence-corrected chi connectivity index (χ0v) is 9.83. The molecule has 0 aliphatic heterocycles. The number of anilines is 1. The molecule has 0 aliphatic rings. The van der Waals surface area contributed by atoms with Crippen LogP contribution in [0.5, 0.6) is 11.6 Å². The number of nitrogens with two attached hydrogens (primary N) is 1. The number of pyridine rings is 1. The first-order valence-corrected chi connectivity index (χ1v) is 5.29. The van der Waals surface area contributed by atoms with Crippen molar-refractivity contribution in [3.63, 3.8) is 0 Å². The Bertz CT molecular complexity index is 560. The smallest absolute Gasteiger partial charge is 0.238 e. The molecule has 2 aromatic rings. The number of rotatable bonds is 2. The number of benzene rings is 1. The summed E-state index contributed by atoms with van der Waals surface area (Å²) in [7, 11) is 0. The second kappa shape index (κ2) is 4.59. The highest BCUT2D eigenvalue weighted by Gasteiger charge is 2.07. The summed E-state index contributed by atoms with van der Waals surface area (Å²) >= 11 is 5.89. The van der Waals surface area contributed by atoms with Gasteiger partial charge in [0.25, 0.3) is 0 Å². The van der Waals surface area contributed by atoms with E-state index in [1.807, 2.05) is 0 Å². The Hall–Kier alpha value is -1.81. The first-order valence-electron chi connectivity index (χ1n) is 4.91. The van der Waals surface area contributed by atoms with Crippen LogP contribution in [-0.2, 0) is 0 Å². The van der Waals surface area contributed by atoms with E-state index in [1.54, 1.807) is 19.1 Å². The number of aromatic nitrogens is 1. The van der Waals surface area contributed by atoms with Crippen molar-refractivity contribution in [3.8, 4) is 11.6 Å². The standard InChI is InChI=1S/C12H10ClFN2O/c1-7-2-3-9(5-11(7)14)17-12-10(13)4-8(15)6-16-12/h2-6H,15H2,1H3. The largest absolute Gasteiger partial charge is 0.437 e. The van der Waals surface area contributed by atoms with Crippen molar-refractivity contribution in [2.75, 3.05) is 5.73 Å². The second-order valence-corrected chi connectivity index (χ2v) is 3.98. The van der Waals surface area contributed by atoms with E-state index >= 15 is 0 Å². The van der Waals surface area contributed by atoms with E-state index in [4.69, 9.17) is 22.1 Å². The summed E-state index contributed by atoms with van der Waals surface area (Å²) in [6, 6.07) is 6.07. The van der Waals surface area contributed by atoms with E-state index < -0.39 is 0 Å². The number of aryl methyl sites for hydroxylation is 1. The van der Waals surface area contributed by atoms with Gasteiger partial charge >= 0.3 is 0 Å². The molecule has 88 valence electrons. The molecule has 1 aromatic heterocycles. The van der Waals surface area contributed by atoms with Gasteiger partial charge in [-0.3, -0.25) is 0 Å². The molecule has 0 spiro atoms. The molecule has 17 heavy (non-hydrogen) atoms. The van der Waals surface area contributed by atoms with E-state index in [0.717, 1.165) is 0 Å². The number of nitrogens with zero attached hydrogens (tertiary/aromatic N) is 1. The van der Waals surface area contributed by atoms with Crippen molar-refractivity contribution in [1.29, 1.82) is 0 Å². The van der Waals surface area contributed by atoms with E-state index in [1.165, 1.54) is 18.3 Å². The van der Waals surface area contributed by atoms with Gasteiger partial charge in [-0.15, -0.1) is 0 Å². The molecule has 3 nitrogen and oxygen atoms in total. The fourth-order valence-corrected chi connectivity index (χ4v) is 1.48. The molecule has 0 fully saturated rings. The molecule has 1 aromatic carbocycles. The minimum absolute atomic E-state index is 0.198. The van der Waals surface area contributed by atoms with Crippen molar-refractivity contribution < 1.29 is 9.13 Å². The minimum Gasteiger partial charge on any atom is -0.437 e. The van der Waals surface area contributed by atoms with Gasteiger partial charge in [0.15, 0.2) is 0 Å². The summed E-state index contributed by atoms with van der Waals surface area (Å²) in [6.07, 6.45) is 1.42. The van der Waals surface area contributed by atoms with Gasteiger partial charge in [-0.1, -0.05) is 17.7 Å². The average molecular weight is 253 g/mol. The van der Waals surface area contributed by atoms with E-state index in [0.29, 0.717) is 17.0 Å². The Morgan fingerprint density at radius 1 is 1.35 bits per heavy atom. The number of halogens is 2. The second-order valence-electron chi connectivity index (χ2n) is 3.57. The predicted molar refractivity (Wildman–Crippen MR) is 64.9 cm³/mol. The maximum Gasteiger partial charge on any atom is 0.238 e. The molecule has 2 rings (SSSR count). The van der Waals surface area contributed by atoms with Gasteiger partial charge in [-0.05, 0) is 24.6 Å². The summed E-state index contributed by atoms with van der Waals surface area (Å²) in [5.41, 5.74) is 6.49. The molecule has 0 bridgehead atoms. The lowest BCUT2D eigenvalue weighted by molar-refractivity contribution is 0.458. The molecule has 5 heteroatoms. The lowest BCUT2D eigenvalue weighted by atomic mass is 10.2. The van der Waals surface area contributed by atoms with Crippen LogP contribution in [-0.4, -0.2) is 4.98 Å². The third-order valence-corrected chi connectivity index (χ3v) is 2.46. The third-order valence-electron chi connectivity index (χ3n) is 2.19. The molecule has 0 saturated carbocycles. The SMILES string of the molecule is Cc1ccc(Oc2ncc(N)cc2Cl)cc1F. The topological polar surface area (TPSA) is 48.1 Å². The van der Waals surface area contributed by atoms with E-state index in [-0.39, 0.29) is 16.7 Å². The fraction of sp³-hybridized carbons (Fsp3) is 0.0833. The molecule has 1 heterocycles. The summed E-state index contributed by atoms with van der Waals surface area (Å²) in [5, 5.41) is 0.283. The van der Waals surface area contributed by atoms with Gasteiger partial charge in [0.1, 0.15) is 16.6 Å². The van der Waals surface area contributed by atoms with Crippen molar-refractivity contribution >= 4 is 17.3 Å². The molecule has 0 unspecified atom stereocenters. The van der Waals surface area contributed by atoms with E-state index in [2.05, 4.69) is 4.98 Å². The Morgan fingerprint density at radius 3 is 2.76 bits per heavy atom. The lowest BCUT2D eigenvalue weighted by Crippen LogP contribution is -1.93. The van der Waals surface area contributed by atoms with Gasteiger partial charge in [0.2, 0.25) is 5.88 Å². The van der Waals surface area contributed by atoms with Crippen molar-refractivity contribution in [1.82, 2.24) is 4.98 Å². The molecule has 0 saturated heterocycles. The summed E-state index contributed by atoms with van der Waals surface area (Å²) in [5.74, 6) is 0.199. The Kier molecular flexibility index (Phi) is 3.15. The highest BCUT2D eigenvalue weighted by Crippen LogP contribution is 2.28. The molecule has 0 radical (unpaired) electrons. The van der Waals surface area contributed by atoms with Crippen LogP contribution in [0.25, 0.3) is 0 Å². The minimum atomic E-state index is -0.339. The van der Waals surface area contributed by atoms with Gasteiger partial charge < -0.3 is 10.5 Å². The maximum absolute atomic E-state index is 13.3. The van der Waals surface area contributed by atoms with Crippen molar-refractivity contribution in [2.24, 2.45) is 0 Å². The van der Waals surface area contributed by atoms with Crippen LogP contribution in [0.15, 0.2) is 30.5 Å². The van der Waals surface area contributed by atoms with Gasteiger partial charge in [-0.25, -0.2) is 9.37 Å². The summed E-state index contributed by atoms with van der Waals surface area (Å²) in [6.45, 7) is 1.67. The average Bonchev–Trinajstić information content (AvgIpc) is 2.27. The number of hydrogen-bond acceptors (Lipinski definition) is 3. The summed E-state index contributed by atoms with van der Waals surface area (Å²) in [4.78, 5) is 3.92. The predicted octanol–water partition coefficient (Wildman–Crippen LogP) is 3.56. The molecular formula is C12H10ClFN2O. The van der Waals surface area contributed by atoms with Crippen LogP contribution >= 0.6 is 11.6 Å². The van der Waals surface area contributed by atoms with Gasteiger partial charge in [-0.2, -0.15) is 0 Å². The number of ether oxygens (including phenoxy) is 1. The van der Waals surface area contributed by atoms with Crippen LogP contribution in [0, 0.1) is 12.7 Å². The maximum atomic E-state index is 13.3. The Morgan fingerprint density at radius 2 is 2.12 bits per heavy atom. The zero-order valence-electron chi connectivity index (χ0n) is 9.08. The van der Waals surface area contributed by atoms with Crippen LogP contribution in [0.3, 0.4) is 0 Å². The van der Waals surface area contributed by atoms with Crippen LogP contribution in [0.4, 0.5) is 10.1 Å². The molecule has 0 atom stereocenters. The molecule has 2 N–H and O–H groups in total. The van der Waals surface area contributed by atoms with Crippen molar-refractivity contribution in [3.05, 3.63) is 46.9 Å². The van der Waals surface area contributed by atoms with Gasteiger partial charge in [0.05, 0.1) is 11.9 Å². The fourth-order valence-electron chi connectivity index (χ4n) is 1.26. The first kappa shape index (κ1) is 11.7. The number of nitrogen functional groups attached to an aromatic ring is 1. The zero-order chi connectivity index (χ0) is 12.4. The van der Waals surface area contributed by atoms with Crippen LogP contribution in [0.1, 0.15) is 5.56 Å². The molecular weight excluding hydrogens is 243 g/mol. The first-order chi connectivity index (χ1) is 8.06. The monoisotopic (exact) mass is 252 g/mol.